The summed E-state index contributed by atoms with van der Waals surface area (Å²) in [5, 5.41) is 3.89. The number of carbonyl (C=O) groups excluding carboxylic acids is 1. The first-order valence-corrected chi connectivity index (χ1v) is 10.8. The summed E-state index contributed by atoms with van der Waals surface area (Å²) >= 11 is 0. The van der Waals surface area contributed by atoms with Crippen molar-refractivity contribution in [1.82, 2.24) is 9.78 Å². The normalized spacial score (nSPS) is 14.8. The SMILES string of the molecule is O=C1CCCN1c1ccc(S(=O)(=O)Nc2ccc(-n3cccn3)cc2C(F)(F)F)cc1. The molecule has 1 N–H and O–H groups in total. The molecule has 0 saturated carbocycles. The smallest absolute Gasteiger partial charge is 0.312 e. The zero-order chi connectivity index (χ0) is 22.2. The lowest BCUT2D eigenvalue weighted by molar-refractivity contribution is -0.136. The van der Waals surface area contributed by atoms with Crippen LogP contribution >= 0.6 is 0 Å². The Labute approximate surface area is 176 Å². The van der Waals surface area contributed by atoms with Gasteiger partial charge in [-0.05, 0) is 55.0 Å². The van der Waals surface area contributed by atoms with Crippen molar-refractivity contribution in [2.75, 3.05) is 16.2 Å². The largest absolute Gasteiger partial charge is 0.418 e. The summed E-state index contributed by atoms with van der Waals surface area (Å²) < 4.78 is 69.5. The second kappa shape index (κ2) is 7.73. The molecule has 0 atom stereocenters. The Morgan fingerprint density at radius 3 is 2.32 bits per heavy atom. The van der Waals surface area contributed by atoms with Gasteiger partial charge in [0.2, 0.25) is 5.91 Å². The lowest BCUT2D eigenvalue weighted by Gasteiger charge is -2.18. The number of anilines is 2. The van der Waals surface area contributed by atoms with Crippen molar-refractivity contribution in [2.45, 2.75) is 23.9 Å². The number of benzene rings is 2. The number of nitrogens with zero attached hydrogens (tertiary/aromatic N) is 3. The predicted molar refractivity (Wildman–Crippen MR) is 107 cm³/mol. The molecule has 0 bridgehead atoms. The molecular weight excluding hydrogens is 433 g/mol. The first kappa shape index (κ1) is 20.9. The van der Waals surface area contributed by atoms with Gasteiger partial charge in [-0.3, -0.25) is 9.52 Å². The number of alkyl halides is 3. The minimum Gasteiger partial charge on any atom is -0.312 e. The number of sulfonamides is 1. The molecule has 1 aliphatic heterocycles. The Kier molecular flexibility index (Phi) is 5.21. The van der Waals surface area contributed by atoms with Crippen LogP contribution in [0.5, 0.6) is 0 Å². The van der Waals surface area contributed by atoms with Gasteiger partial charge in [0.05, 0.1) is 21.8 Å². The highest BCUT2D eigenvalue weighted by atomic mass is 32.2. The van der Waals surface area contributed by atoms with Crippen molar-refractivity contribution in [3.05, 3.63) is 66.5 Å². The van der Waals surface area contributed by atoms with Gasteiger partial charge in [-0.1, -0.05) is 0 Å². The Morgan fingerprint density at radius 2 is 1.74 bits per heavy atom. The van der Waals surface area contributed by atoms with Crippen LogP contribution in [0.25, 0.3) is 5.69 Å². The maximum atomic E-state index is 13.6. The first-order valence-electron chi connectivity index (χ1n) is 9.30. The van der Waals surface area contributed by atoms with Gasteiger partial charge in [-0.15, -0.1) is 0 Å². The molecule has 31 heavy (non-hydrogen) atoms. The Balaban J connectivity index is 1.64. The van der Waals surface area contributed by atoms with Gasteiger partial charge in [0, 0.05) is 31.0 Å². The molecule has 7 nitrogen and oxygen atoms in total. The maximum Gasteiger partial charge on any atom is 0.418 e. The van der Waals surface area contributed by atoms with E-state index >= 15 is 0 Å². The third kappa shape index (κ3) is 4.26. The van der Waals surface area contributed by atoms with E-state index in [0.717, 1.165) is 18.6 Å². The second-order valence-corrected chi connectivity index (χ2v) is 8.61. The van der Waals surface area contributed by atoms with Gasteiger partial charge in [0.25, 0.3) is 10.0 Å². The molecule has 1 amide bonds. The van der Waals surface area contributed by atoms with Crippen molar-refractivity contribution >= 4 is 27.3 Å². The summed E-state index contributed by atoms with van der Waals surface area (Å²) in [6, 6.07) is 10.2. The number of carbonyl (C=O) groups is 1. The zero-order valence-corrected chi connectivity index (χ0v) is 16.8. The first-order chi connectivity index (χ1) is 14.6. The van der Waals surface area contributed by atoms with Crippen LogP contribution in [0, 0.1) is 0 Å². The molecule has 1 saturated heterocycles. The third-order valence-electron chi connectivity index (χ3n) is 4.85. The number of aromatic nitrogens is 2. The molecule has 4 rings (SSSR count). The zero-order valence-electron chi connectivity index (χ0n) is 16.0. The minimum atomic E-state index is -4.79. The maximum absolute atomic E-state index is 13.6. The van der Waals surface area contributed by atoms with E-state index in [-0.39, 0.29) is 16.5 Å². The number of halogens is 3. The molecule has 0 unspecified atom stereocenters. The average Bonchev–Trinajstić information content (AvgIpc) is 3.39. The topological polar surface area (TPSA) is 84.3 Å². The van der Waals surface area contributed by atoms with E-state index in [9.17, 15) is 26.4 Å². The molecule has 0 spiro atoms. The average molecular weight is 450 g/mol. The van der Waals surface area contributed by atoms with Crippen molar-refractivity contribution in [3.8, 4) is 5.69 Å². The highest BCUT2D eigenvalue weighted by Gasteiger charge is 2.35. The van der Waals surface area contributed by atoms with E-state index in [4.69, 9.17) is 0 Å². The van der Waals surface area contributed by atoms with Crippen molar-refractivity contribution in [2.24, 2.45) is 0 Å². The van der Waals surface area contributed by atoms with Crippen LogP contribution in [0.2, 0.25) is 0 Å². The van der Waals surface area contributed by atoms with Gasteiger partial charge < -0.3 is 4.90 Å². The molecule has 1 aromatic heterocycles. The van der Waals surface area contributed by atoms with Crippen LogP contribution in [0.3, 0.4) is 0 Å². The molecule has 0 radical (unpaired) electrons. The monoisotopic (exact) mass is 450 g/mol. The Morgan fingerprint density at radius 1 is 1.03 bits per heavy atom. The van der Waals surface area contributed by atoms with Crippen LogP contribution in [0.15, 0.2) is 65.8 Å². The molecule has 3 aromatic rings. The van der Waals surface area contributed by atoms with E-state index in [0.29, 0.717) is 18.7 Å². The third-order valence-corrected chi connectivity index (χ3v) is 6.24. The fourth-order valence-corrected chi connectivity index (χ4v) is 4.43. The van der Waals surface area contributed by atoms with Gasteiger partial charge in [-0.25, -0.2) is 13.1 Å². The molecule has 1 aliphatic rings. The van der Waals surface area contributed by atoms with Crippen LogP contribution < -0.4 is 9.62 Å². The van der Waals surface area contributed by atoms with Crippen LogP contribution in [-0.2, 0) is 21.0 Å². The highest BCUT2D eigenvalue weighted by Crippen LogP contribution is 2.37. The molecular formula is C20H17F3N4O3S. The van der Waals surface area contributed by atoms with E-state index < -0.39 is 27.5 Å². The van der Waals surface area contributed by atoms with E-state index in [1.165, 1.54) is 47.4 Å². The summed E-state index contributed by atoms with van der Waals surface area (Å²) in [5.74, 6) is -0.0548. The van der Waals surface area contributed by atoms with E-state index in [1.807, 2.05) is 4.72 Å². The lowest BCUT2D eigenvalue weighted by atomic mass is 10.1. The number of amides is 1. The van der Waals surface area contributed by atoms with Crippen LogP contribution in [0.4, 0.5) is 24.5 Å². The minimum absolute atomic E-state index is 0.0548. The van der Waals surface area contributed by atoms with Gasteiger partial charge in [-0.2, -0.15) is 18.3 Å². The van der Waals surface area contributed by atoms with Crippen molar-refractivity contribution < 1.29 is 26.4 Å². The second-order valence-electron chi connectivity index (χ2n) is 6.93. The van der Waals surface area contributed by atoms with E-state index in [2.05, 4.69) is 5.10 Å². The fraction of sp³-hybridized carbons (Fsp3) is 0.200. The summed E-state index contributed by atoms with van der Waals surface area (Å²) in [4.78, 5) is 13.2. The molecule has 11 heteroatoms. The summed E-state index contributed by atoms with van der Waals surface area (Å²) in [6.45, 7) is 0.542. The fourth-order valence-electron chi connectivity index (χ4n) is 3.35. The highest BCUT2D eigenvalue weighted by molar-refractivity contribution is 7.92. The quantitative estimate of drug-likeness (QED) is 0.641. The summed E-state index contributed by atoms with van der Waals surface area (Å²) in [6.07, 6.45) is -0.748. The molecule has 162 valence electrons. The molecule has 2 aromatic carbocycles. The van der Waals surface area contributed by atoms with Gasteiger partial charge >= 0.3 is 6.18 Å². The Bertz CT molecular complexity index is 1210. The predicted octanol–water partition coefficient (Wildman–Crippen LogP) is 3.82. The molecule has 2 heterocycles. The standard InChI is InChI=1S/C20H17F3N4O3S/c21-20(22,23)17-13-15(27-12-2-10-24-27)6-9-18(17)25-31(29,30)16-7-4-14(5-8-16)26-11-1-3-19(26)28/h2,4-10,12-13,25H,1,3,11H2. The van der Waals surface area contributed by atoms with E-state index in [1.54, 1.807) is 11.0 Å². The van der Waals surface area contributed by atoms with Crippen LogP contribution in [-0.4, -0.2) is 30.7 Å². The van der Waals surface area contributed by atoms with Gasteiger partial charge in [0.15, 0.2) is 0 Å². The van der Waals surface area contributed by atoms with Crippen molar-refractivity contribution in [3.63, 3.8) is 0 Å². The molecule has 0 aliphatic carbocycles. The molecule has 1 fully saturated rings. The number of hydrogen-bond donors (Lipinski definition) is 1. The number of rotatable bonds is 5. The number of nitrogens with one attached hydrogen (secondary N) is 1. The lowest BCUT2D eigenvalue weighted by Crippen LogP contribution is -2.23. The van der Waals surface area contributed by atoms with Crippen molar-refractivity contribution in [1.29, 1.82) is 0 Å². The summed E-state index contributed by atoms with van der Waals surface area (Å²) in [5.41, 5.74) is -1.05. The van der Waals surface area contributed by atoms with Crippen LogP contribution in [0.1, 0.15) is 18.4 Å². The van der Waals surface area contributed by atoms with Gasteiger partial charge in [0.1, 0.15) is 0 Å². The number of hydrogen-bond acceptors (Lipinski definition) is 4. The summed E-state index contributed by atoms with van der Waals surface area (Å²) in [7, 11) is -4.29. The Hall–Kier alpha value is -3.34.